The van der Waals surface area contributed by atoms with Crippen LogP contribution in [0, 0.1) is 11.7 Å². The molecule has 168 valence electrons. The number of rotatable bonds is 5. The van der Waals surface area contributed by atoms with Crippen LogP contribution in [0.5, 0.6) is 5.88 Å². The highest BCUT2D eigenvalue weighted by Crippen LogP contribution is 2.43. The predicted molar refractivity (Wildman–Crippen MR) is 108 cm³/mol. The summed E-state index contributed by atoms with van der Waals surface area (Å²) in [4.78, 5) is 32.3. The van der Waals surface area contributed by atoms with Gasteiger partial charge in [0.25, 0.3) is 5.56 Å². The van der Waals surface area contributed by atoms with E-state index in [0.29, 0.717) is 9.86 Å². The highest BCUT2D eigenvalue weighted by atomic mass is 79.9. The van der Waals surface area contributed by atoms with Gasteiger partial charge in [0.2, 0.25) is 17.7 Å². The Hall–Kier alpha value is -3.09. The Morgan fingerprint density at radius 1 is 1.22 bits per heavy atom. The summed E-state index contributed by atoms with van der Waals surface area (Å²) in [6, 6.07) is 4.66. The van der Waals surface area contributed by atoms with Gasteiger partial charge in [-0.25, -0.2) is 19.0 Å². The first kappa shape index (κ1) is 22.1. The van der Waals surface area contributed by atoms with Crippen molar-refractivity contribution in [3.63, 3.8) is 0 Å². The molecule has 0 unspecified atom stereocenters. The molecule has 1 aromatic carbocycles. The minimum absolute atomic E-state index is 0.0580. The minimum Gasteiger partial charge on any atom is -0.473 e. The van der Waals surface area contributed by atoms with Crippen LogP contribution in [0.25, 0.3) is 10.8 Å². The average Bonchev–Trinajstić information content (AvgIpc) is 2.68. The van der Waals surface area contributed by atoms with Gasteiger partial charge < -0.3 is 4.74 Å². The maximum absolute atomic E-state index is 12.9. The molecule has 0 saturated heterocycles. The number of alkyl halides is 3. The lowest BCUT2D eigenvalue weighted by atomic mass is 9.82. The van der Waals surface area contributed by atoms with Gasteiger partial charge in [-0.3, -0.25) is 14.9 Å². The van der Waals surface area contributed by atoms with Crippen LogP contribution in [0.4, 0.5) is 23.5 Å². The predicted octanol–water partition coefficient (Wildman–Crippen LogP) is 3.45. The monoisotopic (exact) mass is 515 g/mol. The van der Waals surface area contributed by atoms with Crippen molar-refractivity contribution in [2.75, 3.05) is 5.32 Å². The average molecular weight is 516 g/mol. The quantitative estimate of drug-likeness (QED) is 0.522. The second-order valence-electron chi connectivity index (χ2n) is 7.18. The fourth-order valence-corrected chi connectivity index (χ4v) is 3.55. The highest BCUT2D eigenvalue weighted by molar-refractivity contribution is 9.10. The third-order valence-electron chi connectivity index (χ3n) is 4.89. The summed E-state index contributed by atoms with van der Waals surface area (Å²) in [5, 5.41) is 6.85. The van der Waals surface area contributed by atoms with E-state index < -0.39 is 42.0 Å². The van der Waals surface area contributed by atoms with E-state index in [1.165, 1.54) is 6.07 Å². The molecule has 32 heavy (non-hydrogen) atoms. The number of halogens is 5. The molecule has 0 bridgehead atoms. The second kappa shape index (κ2) is 8.45. The van der Waals surface area contributed by atoms with Crippen LogP contribution in [-0.4, -0.2) is 37.9 Å². The smallest absolute Gasteiger partial charge is 0.392 e. The first-order chi connectivity index (χ1) is 15.1. The molecule has 2 aromatic heterocycles. The fourth-order valence-electron chi connectivity index (χ4n) is 3.19. The zero-order chi connectivity index (χ0) is 23.0. The summed E-state index contributed by atoms with van der Waals surface area (Å²) in [5.74, 6) is -3.07. The molecule has 1 saturated carbocycles. The summed E-state index contributed by atoms with van der Waals surface area (Å²) in [6.07, 6.45) is -3.73. The summed E-state index contributed by atoms with van der Waals surface area (Å²) >= 11 is 3.28. The number of anilines is 1. The molecule has 13 heteroatoms. The zero-order valence-electron chi connectivity index (χ0n) is 16.1. The van der Waals surface area contributed by atoms with Crippen LogP contribution in [0.15, 0.2) is 39.9 Å². The number of ether oxygens (including phenoxy) is 1. The molecule has 1 N–H and O–H groups in total. The molecule has 1 amide bonds. The molecule has 1 aliphatic carbocycles. The number of hydrogen-bond acceptors (Lipinski definition) is 6. The normalized spacial score (nSPS) is 18.3. The first-order valence-electron chi connectivity index (χ1n) is 9.31. The molecule has 1 aliphatic rings. The summed E-state index contributed by atoms with van der Waals surface area (Å²) in [7, 11) is 0. The molecule has 0 atom stereocenters. The van der Waals surface area contributed by atoms with E-state index in [4.69, 9.17) is 4.74 Å². The van der Waals surface area contributed by atoms with Crippen LogP contribution in [0.3, 0.4) is 0 Å². The largest absolute Gasteiger partial charge is 0.473 e. The fraction of sp³-hybridized carbons (Fsp3) is 0.316. The third-order valence-corrected chi connectivity index (χ3v) is 5.38. The SMILES string of the molecule is O=C(Cn1nc(O[C@H]2C[C@@H](C(F)(F)F)C2)c2cc(Br)ccc2c1=O)Nc1ncc(F)cn1. The standard InChI is InChI=1S/C19H14BrF4N5O3/c20-10-1-2-13-14(5-10)16(32-12-3-9(4-12)19(22,23)24)28-29(17(13)31)8-15(30)27-18-25-6-11(21)7-26-18/h1-2,5-7,9,12H,3-4,8H2,(H,25,26,27,30)/t9-,12+. The number of benzene rings is 1. The maximum atomic E-state index is 12.9. The van der Waals surface area contributed by atoms with E-state index >= 15 is 0 Å². The van der Waals surface area contributed by atoms with E-state index in [1.54, 1.807) is 12.1 Å². The summed E-state index contributed by atoms with van der Waals surface area (Å²) < 4.78 is 58.4. The van der Waals surface area contributed by atoms with E-state index in [9.17, 15) is 27.2 Å². The number of nitrogens with one attached hydrogen (secondary N) is 1. The lowest BCUT2D eigenvalue weighted by molar-refractivity contribution is -0.210. The molecule has 0 aliphatic heterocycles. The van der Waals surface area contributed by atoms with Crippen molar-refractivity contribution in [3.8, 4) is 5.88 Å². The number of carbonyl (C=O) groups is 1. The van der Waals surface area contributed by atoms with Crippen molar-refractivity contribution in [1.82, 2.24) is 19.7 Å². The number of hydrogen-bond donors (Lipinski definition) is 1. The Bertz CT molecular complexity index is 1230. The molecule has 4 rings (SSSR count). The van der Waals surface area contributed by atoms with Gasteiger partial charge in [-0.2, -0.15) is 13.2 Å². The van der Waals surface area contributed by atoms with Crippen molar-refractivity contribution < 1.29 is 27.1 Å². The Balaban J connectivity index is 1.59. The molecular weight excluding hydrogens is 502 g/mol. The van der Waals surface area contributed by atoms with Crippen molar-refractivity contribution in [2.45, 2.75) is 31.7 Å². The minimum atomic E-state index is -4.29. The van der Waals surface area contributed by atoms with Gasteiger partial charge in [0.05, 0.1) is 29.1 Å². The Morgan fingerprint density at radius 2 is 1.91 bits per heavy atom. The van der Waals surface area contributed by atoms with Gasteiger partial charge >= 0.3 is 6.18 Å². The lowest BCUT2D eigenvalue weighted by Gasteiger charge is -2.36. The molecule has 0 radical (unpaired) electrons. The van der Waals surface area contributed by atoms with Crippen molar-refractivity contribution in [1.29, 1.82) is 0 Å². The van der Waals surface area contributed by atoms with Crippen molar-refractivity contribution in [3.05, 3.63) is 51.2 Å². The molecule has 1 fully saturated rings. The van der Waals surface area contributed by atoms with Gasteiger partial charge in [-0.1, -0.05) is 15.9 Å². The van der Waals surface area contributed by atoms with Crippen LogP contribution in [0.2, 0.25) is 0 Å². The van der Waals surface area contributed by atoms with Gasteiger partial charge in [0, 0.05) is 4.47 Å². The number of fused-ring (bicyclic) bond motifs is 1. The van der Waals surface area contributed by atoms with E-state index in [0.717, 1.165) is 17.1 Å². The van der Waals surface area contributed by atoms with E-state index in [-0.39, 0.29) is 30.1 Å². The van der Waals surface area contributed by atoms with Crippen LogP contribution >= 0.6 is 15.9 Å². The first-order valence-corrected chi connectivity index (χ1v) is 10.1. The van der Waals surface area contributed by atoms with Crippen LogP contribution in [0.1, 0.15) is 12.8 Å². The molecule has 2 heterocycles. The molecule has 8 nitrogen and oxygen atoms in total. The van der Waals surface area contributed by atoms with E-state index in [2.05, 4.69) is 36.3 Å². The number of nitrogens with zero attached hydrogens (tertiary/aromatic N) is 4. The molecule has 0 spiro atoms. The topological polar surface area (TPSA) is 99.0 Å². The van der Waals surface area contributed by atoms with E-state index in [1.807, 2.05) is 0 Å². The maximum Gasteiger partial charge on any atom is 0.392 e. The molecule has 3 aromatic rings. The summed E-state index contributed by atoms with van der Waals surface area (Å²) in [5.41, 5.74) is -0.600. The van der Waals surface area contributed by atoms with Crippen molar-refractivity contribution in [2.24, 2.45) is 5.92 Å². The Labute approximate surface area is 185 Å². The number of carbonyl (C=O) groups excluding carboxylic acids is 1. The number of amides is 1. The van der Waals surface area contributed by atoms with Gasteiger partial charge in [-0.15, -0.1) is 5.10 Å². The molecular formula is C19H14BrF4N5O3. The lowest BCUT2D eigenvalue weighted by Crippen LogP contribution is -2.42. The summed E-state index contributed by atoms with van der Waals surface area (Å²) in [6.45, 7) is -0.544. The van der Waals surface area contributed by atoms with Gasteiger partial charge in [0.1, 0.15) is 12.6 Å². The highest BCUT2D eigenvalue weighted by Gasteiger charge is 2.49. The zero-order valence-corrected chi connectivity index (χ0v) is 17.7. The van der Waals surface area contributed by atoms with Crippen molar-refractivity contribution >= 4 is 38.6 Å². The van der Waals surface area contributed by atoms with Crippen LogP contribution in [-0.2, 0) is 11.3 Å². The second-order valence-corrected chi connectivity index (χ2v) is 8.10. The third kappa shape index (κ3) is 4.71. The Morgan fingerprint density at radius 3 is 2.56 bits per heavy atom. The van der Waals surface area contributed by atoms with Crippen LogP contribution < -0.4 is 15.6 Å². The number of aromatic nitrogens is 4. The Kier molecular flexibility index (Phi) is 5.84. The van der Waals surface area contributed by atoms with Gasteiger partial charge in [0.15, 0.2) is 5.82 Å². The van der Waals surface area contributed by atoms with Gasteiger partial charge in [-0.05, 0) is 31.0 Å².